The number of para-hydroxylation sites is 1. The number of aryl methyl sites for hydroxylation is 1. The van der Waals surface area contributed by atoms with E-state index in [0.717, 1.165) is 21.6 Å². The first kappa shape index (κ1) is 19.9. The molecule has 0 N–H and O–H groups in total. The summed E-state index contributed by atoms with van der Waals surface area (Å²) < 4.78 is 1.81. The average Bonchev–Trinajstić information content (AvgIpc) is 3.28. The molecule has 0 radical (unpaired) electrons. The largest absolute Gasteiger partial charge is 0.339 e. The summed E-state index contributed by atoms with van der Waals surface area (Å²) in [5.74, 6) is 0.137. The van der Waals surface area contributed by atoms with E-state index in [2.05, 4.69) is 5.10 Å². The van der Waals surface area contributed by atoms with Gasteiger partial charge in [-0.1, -0.05) is 37.6 Å². The van der Waals surface area contributed by atoms with Gasteiger partial charge >= 0.3 is 0 Å². The molecule has 4 rings (SSSR count). The molecule has 0 aliphatic carbocycles. The van der Waals surface area contributed by atoms with Gasteiger partial charge in [-0.25, -0.2) is 4.68 Å². The number of benzene rings is 1. The predicted molar refractivity (Wildman–Crippen MR) is 116 cm³/mol. The highest BCUT2D eigenvalue weighted by molar-refractivity contribution is 7.20. The Bertz CT molecular complexity index is 1080. The average molecular weight is 431 g/mol. The van der Waals surface area contributed by atoms with E-state index in [1.807, 2.05) is 65.6 Å². The van der Waals surface area contributed by atoms with E-state index in [1.54, 1.807) is 0 Å². The van der Waals surface area contributed by atoms with Gasteiger partial charge in [0.2, 0.25) is 5.91 Å². The molecule has 152 valence electrons. The molecule has 0 saturated carbocycles. The molecule has 29 heavy (non-hydrogen) atoms. The first-order chi connectivity index (χ1) is 13.9. The molecule has 0 bridgehead atoms. The summed E-state index contributed by atoms with van der Waals surface area (Å²) in [5, 5.41) is 6.19. The highest BCUT2D eigenvalue weighted by Gasteiger charge is 2.27. The Balaban J connectivity index is 1.58. The fourth-order valence-electron chi connectivity index (χ4n) is 3.59. The van der Waals surface area contributed by atoms with Gasteiger partial charge in [0.1, 0.15) is 4.83 Å². The van der Waals surface area contributed by atoms with Crippen molar-refractivity contribution < 1.29 is 9.59 Å². The van der Waals surface area contributed by atoms with Crippen LogP contribution in [-0.4, -0.2) is 57.6 Å². The number of hydrogen-bond donors (Lipinski definition) is 0. The molecule has 1 aliphatic rings. The van der Waals surface area contributed by atoms with Crippen molar-refractivity contribution in [1.29, 1.82) is 0 Å². The number of hydrogen-bond acceptors (Lipinski definition) is 4. The Morgan fingerprint density at radius 1 is 1.10 bits per heavy atom. The van der Waals surface area contributed by atoms with Crippen molar-refractivity contribution in [3.05, 3.63) is 45.9 Å². The number of amides is 2. The van der Waals surface area contributed by atoms with Crippen LogP contribution in [0.15, 0.2) is 30.3 Å². The number of carbonyl (C=O) groups excluding carboxylic acids is 2. The summed E-state index contributed by atoms with van der Waals surface area (Å²) >= 11 is 7.79. The zero-order chi connectivity index (χ0) is 20.7. The summed E-state index contributed by atoms with van der Waals surface area (Å²) in [4.78, 5) is 30.5. The molecule has 0 spiro atoms. The van der Waals surface area contributed by atoms with Crippen LogP contribution in [0.1, 0.15) is 29.2 Å². The molecular weight excluding hydrogens is 408 g/mol. The summed E-state index contributed by atoms with van der Waals surface area (Å²) in [5.41, 5.74) is 1.66. The minimum Gasteiger partial charge on any atom is -0.339 e. The van der Waals surface area contributed by atoms with Gasteiger partial charge in [0.25, 0.3) is 5.91 Å². The fourth-order valence-corrected chi connectivity index (χ4v) is 4.95. The zero-order valence-corrected chi connectivity index (χ0v) is 18.3. The maximum absolute atomic E-state index is 13.1. The standard InChI is InChI=1S/C21H23ClN4O2S/c1-13(2)19(27)24-8-10-25(11-9-24)20(28)18-12-15-14(3)23-26(21(15)29-18)17-7-5-4-6-16(17)22/h4-7,12-13H,8-11H2,1-3H3. The molecule has 2 amide bonds. The molecule has 6 nitrogen and oxygen atoms in total. The lowest BCUT2D eigenvalue weighted by Crippen LogP contribution is -2.51. The van der Waals surface area contributed by atoms with Crippen LogP contribution in [0.25, 0.3) is 15.9 Å². The van der Waals surface area contributed by atoms with Crippen LogP contribution in [0.5, 0.6) is 0 Å². The number of aromatic nitrogens is 2. The third-order valence-electron chi connectivity index (χ3n) is 5.21. The molecule has 1 aliphatic heterocycles. The van der Waals surface area contributed by atoms with Crippen molar-refractivity contribution in [2.75, 3.05) is 26.2 Å². The molecule has 3 heterocycles. The molecular formula is C21H23ClN4O2S. The number of nitrogens with zero attached hydrogens (tertiary/aromatic N) is 4. The van der Waals surface area contributed by atoms with E-state index in [1.165, 1.54) is 11.3 Å². The lowest BCUT2D eigenvalue weighted by atomic mass is 10.1. The normalized spacial score (nSPS) is 14.8. The maximum Gasteiger partial charge on any atom is 0.264 e. The van der Waals surface area contributed by atoms with Crippen LogP contribution in [0, 0.1) is 12.8 Å². The number of thiophene rings is 1. The molecule has 8 heteroatoms. The minimum absolute atomic E-state index is 0.00737. The zero-order valence-electron chi connectivity index (χ0n) is 16.7. The van der Waals surface area contributed by atoms with Gasteiger partial charge in [0, 0.05) is 37.5 Å². The van der Waals surface area contributed by atoms with Crippen LogP contribution < -0.4 is 0 Å². The topological polar surface area (TPSA) is 58.4 Å². The first-order valence-electron chi connectivity index (χ1n) is 9.69. The van der Waals surface area contributed by atoms with Crippen LogP contribution in [0.4, 0.5) is 0 Å². The number of rotatable bonds is 3. The van der Waals surface area contributed by atoms with Crippen molar-refractivity contribution in [2.45, 2.75) is 20.8 Å². The Morgan fingerprint density at radius 2 is 1.76 bits per heavy atom. The molecule has 0 atom stereocenters. The maximum atomic E-state index is 13.1. The van der Waals surface area contributed by atoms with Gasteiger partial charge in [-0.2, -0.15) is 5.10 Å². The van der Waals surface area contributed by atoms with E-state index in [9.17, 15) is 9.59 Å². The van der Waals surface area contributed by atoms with E-state index < -0.39 is 0 Å². The highest BCUT2D eigenvalue weighted by Crippen LogP contribution is 2.33. The second-order valence-corrected chi connectivity index (χ2v) is 8.99. The molecule has 1 aromatic carbocycles. The lowest BCUT2D eigenvalue weighted by molar-refractivity contribution is -0.135. The number of piperazine rings is 1. The highest BCUT2D eigenvalue weighted by atomic mass is 35.5. The molecule has 2 aromatic heterocycles. The predicted octanol–water partition coefficient (Wildman–Crippen LogP) is 3.99. The number of halogens is 1. The number of fused-ring (bicyclic) bond motifs is 1. The summed E-state index contributed by atoms with van der Waals surface area (Å²) in [7, 11) is 0. The van der Waals surface area contributed by atoms with Gasteiger partial charge in [-0.15, -0.1) is 11.3 Å². The Hall–Kier alpha value is -2.38. The van der Waals surface area contributed by atoms with Gasteiger partial charge in [0.15, 0.2) is 0 Å². The second-order valence-electron chi connectivity index (χ2n) is 7.55. The Kier molecular flexibility index (Phi) is 5.36. The van der Waals surface area contributed by atoms with Crippen LogP contribution >= 0.6 is 22.9 Å². The second kappa shape index (κ2) is 7.80. The molecule has 1 fully saturated rings. The fraction of sp³-hybridized carbons (Fsp3) is 0.381. The van der Waals surface area contributed by atoms with Crippen molar-refractivity contribution in [3.63, 3.8) is 0 Å². The van der Waals surface area contributed by atoms with Gasteiger partial charge in [-0.05, 0) is 25.1 Å². The van der Waals surface area contributed by atoms with Gasteiger partial charge < -0.3 is 9.80 Å². The smallest absolute Gasteiger partial charge is 0.264 e. The lowest BCUT2D eigenvalue weighted by Gasteiger charge is -2.35. The SMILES string of the molecule is Cc1nn(-c2ccccc2Cl)c2sc(C(=O)N3CCN(C(=O)C(C)C)CC3)cc12. The number of carbonyl (C=O) groups is 2. The summed E-state index contributed by atoms with van der Waals surface area (Å²) in [6.45, 7) is 8.03. The van der Waals surface area contributed by atoms with Crippen molar-refractivity contribution in [3.8, 4) is 5.69 Å². The van der Waals surface area contributed by atoms with Gasteiger partial charge in [-0.3, -0.25) is 9.59 Å². The quantitative estimate of drug-likeness (QED) is 0.631. The Labute approximate surface area is 178 Å². The van der Waals surface area contributed by atoms with Crippen molar-refractivity contribution >= 4 is 45.0 Å². The third kappa shape index (κ3) is 3.65. The Morgan fingerprint density at radius 3 is 2.41 bits per heavy atom. The van der Waals surface area contributed by atoms with Crippen LogP contribution in [0.2, 0.25) is 5.02 Å². The molecule has 3 aromatic rings. The minimum atomic E-state index is -0.0180. The first-order valence-corrected chi connectivity index (χ1v) is 10.9. The summed E-state index contributed by atoms with van der Waals surface area (Å²) in [6, 6.07) is 9.47. The van der Waals surface area contributed by atoms with E-state index >= 15 is 0 Å². The van der Waals surface area contributed by atoms with E-state index in [0.29, 0.717) is 36.1 Å². The van der Waals surface area contributed by atoms with E-state index in [-0.39, 0.29) is 17.7 Å². The summed E-state index contributed by atoms with van der Waals surface area (Å²) in [6.07, 6.45) is 0. The third-order valence-corrected chi connectivity index (χ3v) is 6.63. The van der Waals surface area contributed by atoms with Crippen molar-refractivity contribution in [1.82, 2.24) is 19.6 Å². The van der Waals surface area contributed by atoms with Crippen LogP contribution in [-0.2, 0) is 4.79 Å². The molecule has 1 saturated heterocycles. The molecule has 0 unspecified atom stereocenters. The van der Waals surface area contributed by atoms with Crippen molar-refractivity contribution in [2.24, 2.45) is 5.92 Å². The van der Waals surface area contributed by atoms with E-state index in [4.69, 9.17) is 11.6 Å². The monoisotopic (exact) mass is 430 g/mol. The van der Waals surface area contributed by atoms with Gasteiger partial charge in [0.05, 0.1) is 21.3 Å². The van der Waals surface area contributed by atoms with Crippen LogP contribution in [0.3, 0.4) is 0 Å².